The normalized spacial score (nSPS) is 10.4. The van der Waals surface area contributed by atoms with Crippen molar-refractivity contribution < 1.29 is 9.53 Å². The second-order valence-corrected chi connectivity index (χ2v) is 4.31. The number of rotatable bonds is 3. The summed E-state index contributed by atoms with van der Waals surface area (Å²) in [4.78, 5) is 26.2. The van der Waals surface area contributed by atoms with Crippen LogP contribution >= 0.6 is 0 Å². The van der Waals surface area contributed by atoms with Gasteiger partial charge < -0.3 is 9.72 Å². The molecular formula is C15H15NO3. The average molecular weight is 257 g/mol. The van der Waals surface area contributed by atoms with Gasteiger partial charge in [0.05, 0.1) is 6.61 Å². The number of fused-ring (bicyclic) bond motifs is 1. The van der Waals surface area contributed by atoms with Crippen LogP contribution in [-0.2, 0) is 4.74 Å². The van der Waals surface area contributed by atoms with Crippen LogP contribution < -0.4 is 5.56 Å². The van der Waals surface area contributed by atoms with Gasteiger partial charge in [-0.3, -0.25) is 4.79 Å². The maximum atomic E-state index is 11.9. The molecule has 1 aromatic carbocycles. The molecule has 0 atom stereocenters. The smallest absolute Gasteiger partial charge is 0.343 e. The Kier molecular flexibility index (Phi) is 3.51. The molecule has 0 bridgehead atoms. The van der Waals surface area contributed by atoms with Crippen LogP contribution in [0.2, 0.25) is 0 Å². The number of hydrogen-bond acceptors (Lipinski definition) is 3. The maximum Gasteiger partial charge on any atom is 0.343 e. The Balaban J connectivity index is 2.58. The molecule has 1 N–H and O–H groups in total. The minimum atomic E-state index is -0.602. The van der Waals surface area contributed by atoms with Crippen molar-refractivity contribution in [2.75, 3.05) is 6.61 Å². The number of ether oxygens (including phenoxy) is 1. The molecule has 0 fully saturated rings. The third kappa shape index (κ3) is 2.57. The van der Waals surface area contributed by atoms with Gasteiger partial charge >= 0.3 is 5.97 Å². The molecule has 1 heterocycles. The van der Waals surface area contributed by atoms with E-state index in [1.165, 1.54) is 0 Å². The Labute approximate surface area is 110 Å². The van der Waals surface area contributed by atoms with Crippen LogP contribution in [0.25, 0.3) is 16.5 Å². The molecule has 4 heteroatoms. The number of carbonyl (C=O) groups is 1. The number of aromatic nitrogens is 1. The Bertz CT molecular complexity index is 713. The Morgan fingerprint density at radius 2 is 2.11 bits per heavy atom. The van der Waals surface area contributed by atoms with Crippen LogP contribution in [0, 0.1) is 0 Å². The first-order valence-electron chi connectivity index (χ1n) is 6.03. The summed E-state index contributed by atoms with van der Waals surface area (Å²) in [5.41, 5.74) is 2.13. The summed E-state index contributed by atoms with van der Waals surface area (Å²) in [6.07, 6.45) is 0. The van der Waals surface area contributed by atoms with Crippen LogP contribution in [0.15, 0.2) is 35.6 Å². The van der Waals surface area contributed by atoms with Crippen molar-refractivity contribution in [3.63, 3.8) is 0 Å². The molecule has 0 aliphatic carbocycles. The van der Waals surface area contributed by atoms with Crippen LogP contribution in [0.1, 0.15) is 29.8 Å². The van der Waals surface area contributed by atoms with Crippen LogP contribution in [0.3, 0.4) is 0 Å². The number of hydrogen-bond donors (Lipinski definition) is 1. The van der Waals surface area contributed by atoms with Crippen molar-refractivity contribution in [2.45, 2.75) is 13.8 Å². The lowest BCUT2D eigenvalue weighted by atomic mass is 10.1. The predicted molar refractivity (Wildman–Crippen MR) is 75.2 cm³/mol. The minimum Gasteiger partial charge on any atom is -0.462 e. The highest BCUT2D eigenvalue weighted by Crippen LogP contribution is 2.18. The molecule has 0 spiro atoms. The summed E-state index contributed by atoms with van der Waals surface area (Å²) >= 11 is 0. The summed E-state index contributed by atoms with van der Waals surface area (Å²) in [6.45, 7) is 7.70. The van der Waals surface area contributed by atoms with Crippen LogP contribution in [0.5, 0.6) is 0 Å². The van der Waals surface area contributed by atoms with Crippen molar-refractivity contribution in [1.29, 1.82) is 0 Å². The van der Waals surface area contributed by atoms with Gasteiger partial charge in [0.25, 0.3) is 5.56 Å². The van der Waals surface area contributed by atoms with Crippen LogP contribution in [-0.4, -0.2) is 17.6 Å². The van der Waals surface area contributed by atoms with Crippen LogP contribution in [0.4, 0.5) is 0 Å². The number of pyridine rings is 1. The maximum absolute atomic E-state index is 11.9. The standard InChI is InChI=1S/C15H15NO3/c1-4-19-15(18)12-7-11-6-5-10(9(2)3)8-13(11)16-14(12)17/h5-8H,2,4H2,1,3H3,(H,16,17). The minimum absolute atomic E-state index is 0.0254. The van der Waals surface area contributed by atoms with E-state index in [0.717, 1.165) is 16.5 Å². The quantitative estimate of drug-likeness (QED) is 0.860. The van der Waals surface area contributed by atoms with E-state index in [9.17, 15) is 9.59 Å². The van der Waals surface area contributed by atoms with E-state index in [4.69, 9.17) is 4.74 Å². The molecule has 0 aliphatic heterocycles. The first kappa shape index (κ1) is 13.1. The summed E-state index contributed by atoms with van der Waals surface area (Å²) in [7, 11) is 0. The summed E-state index contributed by atoms with van der Waals surface area (Å²) < 4.78 is 4.85. The molecule has 0 radical (unpaired) electrons. The third-order valence-corrected chi connectivity index (χ3v) is 2.83. The van der Waals surface area contributed by atoms with E-state index in [-0.39, 0.29) is 12.2 Å². The van der Waals surface area contributed by atoms with Gasteiger partial charge in [-0.05, 0) is 36.9 Å². The average Bonchev–Trinajstić information content (AvgIpc) is 2.37. The van der Waals surface area contributed by atoms with E-state index in [0.29, 0.717) is 5.52 Å². The fourth-order valence-corrected chi connectivity index (χ4v) is 1.83. The number of nitrogens with one attached hydrogen (secondary N) is 1. The molecule has 0 saturated carbocycles. The predicted octanol–water partition coefficient (Wildman–Crippen LogP) is 2.74. The number of benzene rings is 1. The zero-order chi connectivity index (χ0) is 14.0. The molecule has 2 aromatic rings. The Hall–Kier alpha value is -2.36. The van der Waals surface area contributed by atoms with Crippen molar-refractivity contribution in [3.05, 3.63) is 52.3 Å². The lowest BCUT2D eigenvalue weighted by Crippen LogP contribution is -2.19. The van der Waals surface area contributed by atoms with Gasteiger partial charge in [-0.15, -0.1) is 0 Å². The number of carbonyl (C=O) groups excluding carboxylic acids is 1. The molecule has 0 unspecified atom stereocenters. The fraction of sp³-hybridized carbons (Fsp3) is 0.200. The molecule has 2 rings (SSSR count). The Morgan fingerprint density at radius 1 is 1.37 bits per heavy atom. The van der Waals surface area contributed by atoms with Gasteiger partial charge in [0.15, 0.2) is 0 Å². The molecule has 98 valence electrons. The van der Waals surface area contributed by atoms with Gasteiger partial charge in [-0.2, -0.15) is 0 Å². The summed E-state index contributed by atoms with van der Waals surface area (Å²) in [6, 6.07) is 7.14. The lowest BCUT2D eigenvalue weighted by Gasteiger charge is -2.05. The number of esters is 1. The zero-order valence-corrected chi connectivity index (χ0v) is 10.9. The topological polar surface area (TPSA) is 59.2 Å². The van der Waals surface area contributed by atoms with Crippen molar-refractivity contribution in [2.24, 2.45) is 0 Å². The van der Waals surface area contributed by atoms with Gasteiger partial charge in [-0.1, -0.05) is 24.3 Å². The molecule has 19 heavy (non-hydrogen) atoms. The van der Waals surface area contributed by atoms with E-state index >= 15 is 0 Å². The first-order valence-corrected chi connectivity index (χ1v) is 6.03. The first-order chi connectivity index (χ1) is 9.02. The van der Waals surface area contributed by atoms with Crippen molar-refractivity contribution >= 4 is 22.4 Å². The monoisotopic (exact) mass is 257 g/mol. The second kappa shape index (κ2) is 5.10. The highest BCUT2D eigenvalue weighted by Gasteiger charge is 2.12. The Morgan fingerprint density at radius 3 is 2.74 bits per heavy atom. The molecule has 0 saturated heterocycles. The number of allylic oxidation sites excluding steroid dienone is 1. The van der Waals surface area contributed by atoms with Gasteiger partial charge in [0.2, 0.25) is 0 Å². The van der Waals surface area contributed by atoms with E-state index in [1.54, 1.807) is 13.0 Å². The molecule has 0 amide bonds. The largest absolute Gasteiger partial charge is 0.462 e. The van der Waals surface area contributed by atoms with Gasteiger partial charge in [0, 0.05) is 5.52 Å². The van der Waals surface area contributed by atoms with E-state index in [1.807, 2.05) is 25.1 Å². The zero-order valence-electron chi connectivity index (χ0n) is 10.9. The highest BCUT2D eigenvalue weighted by molar-refractivity contribution is 5.94. The second-order valence-electron chi connectivity index (χ2n) is 4.31. The SMILES string of the molecule is C=C(C)c1ccc2cc(C(=O)OCC)c(=O)[nH]c2c1. The summed E-state index contributed by atoms with van der Waals surface area (Å²) in [5.74, 6) is -0.602. The molecule has 0 aliphatic rings. The van der Waals surface area contributed by atoms with E-state index in [2.05, 4.69) is 11.6 Å². The lowest BCUT2D eigenvalue weighted by molar-refractivity contribution is 0.0524. The fourth-order valence-electron chi connectivity index (χ4n) is 1.83. The summed E-state index contributed by atoms with van der Waals surface area (Å²) in [5, 5.41) is 0.785. The molecule has 4 nitrogen and oxygen atoms in total. The van der Waals surface area contributed by atoms with E-state index < -0.39 is 11.5 Å². The molecule has 1 aromatic heterocycles. The van der Waals surface area contributed by atoms with Gasteiger partial charge in [-0.25, -0.2) is 4.79 Å². The molecular weight excluding hydrogens is 242 g/mol. The third-order valence-electron chi connectivity index (χ3n) is 2.83. The van der Waals surface area contributed by atoms with Crippen molar-refractivity contribution in [3.8, 4) is 0 Å². The van der Waals surface area contributed by atoms with Gasteiger partial charge in [0.1, 0.15) is 5.56 Å². The number of aromatic amines is 1. The highest BCUT2D eigenvalue weighted by atomic mass is 16.5. The number of H-pyrrole nitrogens is 1. The van der Waals surface area contributed by atoms with Crippen molar-refractivity contribution in [1.82, 2.24) is 4.98 Å².